The van der Waals surface area contributed by atoms with Crippen LogP contribution in [0.25, 0.3) is 10.8 Å². The Hall–Kier alpha value is -3.63. The van der Waals surface area contributed by atoms with Crippen LogP contribution in [0.15, 0.2) is 103 Å². The zero-order valence-electron chi connectivity index (χ0n) is 17.4. The molecule has 0 amide bonds. The van der Waals surface area contributed by atoms with Crippen LogP contribution in [-0.4, -0.2) is 18.3 Å². The fraction of sp³-hybridized carbons (Fsp3) is 0.148. The molecule has 0 saturated carbocycles. The standard InChI is InChI=1S/C27H25NO3/c1-31-26(29)19-25(23-17-16-20-10-8-9-13-22(20)18-23)27(21-11-4-2-5-12-21)28(30)24-14-6-3-7-15-24/h2-18,25,27,30H,19H2,1H3/t25-,27+/m1/s1. The van der Waals surface area contributed by atoms with Crippen molar-refractivity contribution in [1.82, 2.24) is 0 Å². The minimum absolute atomic E-state index is 0.137. The molecule has 0 fully saturated rings. The molecule has 0 saturated heterocycles. The first-order valence-electron chi connectivity index (χ1n) is 10.3. The zero-order chi connectivity index (χ0) is 21.6. The van der Waals surface area contributed by atoms with Gasteiger partial charge in [0, 0.05) is 5.92 Å². The van der Waals surface area contributed by atoms with E-state index in [-0.39, 0.29) is 18.3 Å². The van der Waals surface area contributed by atoms with Gasteiger partial charge < -0.3 is 4.74 Å². The number of methoxy groups -OCH3 is 1. The summed E-state index contributed by atoms with van der Waals surface area (Å²) >= 11 is 0. The summed E-state index contributed by atoms with van der Waals surface area (Å²) in [6, 6.07) is 33.0. The van der Waals surface area contributed by atoms with Crippen LogP contribution in [0.3, 0.4) is 0 Å². The van der Waals surface area contributed by atoms with Crippen LogP contribution in [0.4, 0.5) is 5.69 Å². The Morgan fingerprint density at radius 2 is 1.42 bits per heavy atom. The Bertz CT molecular complexity index is 1140. The minimum atomic E-state index is -0.483. The molecule has 0 unspecified atom stereocenters. The molecule has 0 heterocycles. The number of hydrogen-bond acceptors (Lipinski definition) is 4. The highest BCUT2D eigenvalue weighted by atomic mass is 16.5. The van der Waals surface area contributed by atoms with Crippen molar-refractivity contribution >= 4 is 22.4 Å². The number of nitrogens with zero attached hydrogens (tertiary/aromatic N) is 1. The topological polar surface area (TPSA) is 49.8 Å². The predicted octanol–water partition coefficient (Wildman–Crippen LogP) is 6.12. The van der Waals surface area contributed by atoms with Gasteiger partial charge in [-0.1, -0.05) is 91.0 Å². The highest BCUT2D eigenvalue weighted by Crippen LogP contribution is 2.40. The SMILES string of the molecule is COC(=O)C[C@H](c1ccc2ccccc2c1)[C@H](c1ccccc1)N(O)c1ccccc1. The first-order chi connectivity index (χ1) is 15.2. The zero-order valence-corrected chi connectivity index (χ0v) is 17.4. The summed E-state index contributed by atoms with van der Waals surface area (Å²) in [6.45, 7) is 0. The molecule has 0 radical (unpaired) electrons. The van der Waals surface area contributed by atoms with Gasteiger partial charge in [-0.2, -0.15) is 0 Å². The number of anilines is 1. The van der Waals surface area contributed by atoms with Crippen molar-refractivity contribution in [2.45, 2.75) is 18.4 Å². The lowest BCUT2D eigenvalue weighted by Crippen LogP contribution is -2.31. The third-order valence-electron chi connectivity index (χ3n) is 5.62. The Morgan fingerprint density at radius 1 is 0.806 bits per heavy atom. The molecule has 0 aliphatic heterocycles. The molecule has 0 aliphatic carbocycles. The molecule has 31 heavy (non-hydrogen) atoms. The van der Waals surface area contributed by atoms with E-state index < -0.39 is 6.04 Å². The van der Waals surface area contributed by atoms with E-state index in [1.54, 1.807) is 0 Å². The smallest absolute Gasteiger partial charge is 0.306 e. The van der Waals surface area contributed by atoms with E-state index in [9.17, 15) is 10.0 Å². The molecule has 0 spiro atoms. The number of para-hydroxylation sites is 1. The summed E-state index contributed by atoms with van der Waals surface area (Å²) in [7, 11) is 1.39. The molecule has 1 N–H and O–H groups in total. The molecule has 2 atom stereocenters. The maximum Gasteiger partial charge on any atom is 0.306 e. The molecule has 4 aromatic carbocycles. The van der Waals surface area contributed by atoms with E-state index in [0.29, 0.717) is 5.69 Å². The van der Waals surface area contributed by atoms with Gasteiger partial charge in [-0.25, -0.2) is 5.06 Å². The van der Waals surface area contributed by atoms with Gasteiger partial charge in [-0.3, -0.25) is 10.0 Å². The van der Waals surface area contributed by atoms with Gasteiger partial charge in [0.25, 0.3) is 0 Å². The van der Waals surface area contributed by atoms with Gasteiger partial charge >= 0.3 is 5.97 Å². The molecular formula is C27H25NO3. The van der Waals surface area contributed by atoms with Gasteiger partial charge in [-0.15, -0.1) is 0 Å². The van der Waals surface area contributed by atoms with Crippen molar-refractivity contribution < 1.29 is 14.7 Å². The summed E-state index contributed by atoms with van der Waals surface area (Å²) < 4.78 is 5.02. The number of ether oxygens (including phenoxy) is 1. The lowest BCUT2D eigenvalue weighted by Gasteiger charge is -2.34. The average Bonchev–Trinajstić information content (AvgIpc) is 2.84. The van der Waals surface area contributed by atoms with Crippen LogP contribution in [0.1, 0.15) is 29.5 Å². The number of hydrogen-bond donors (Lipinski definition) is 1. The fourth-order valence-electron chi connectivity index (χ4n) is 4.05. The minimum Gasteiger partial charge on any atom is -0.469 e. The van der Waals surface area contributed by atoms with E-state index in [0.717, 1.165) is 21.9 Å². The maximum absolute atomic E-state index is 12.4. The van der Waals surface area contributed by atoms with Crippen LogP contribution >= 0.6 is 0 Å². The maximum atomic E-state index is 12.4. The Kier molecular flexibility index (Phi) is 6.29. The summed E-state index contributed by atoms with van der Waals surface area (Å²) in [6.07, 6.45) is 0.137. The summed E-state index contributed by atoms with van der Waals surface area (Å²) in [5.74, 6) is -0.648. The molecule has 4 rings (SSSR count). The van der Waals surface area contributed by atoms with E-state index in [1.807, 2.05) is 78.9 Å². The van der Waals surface area contributed by atoms with Gasteiger partial charge in [0.05, 0.1) is 25.3 Å². The number of carbonyl (C=O) groups excluding carboxylic acids is 1. The average molecular weight is 412 g/mol. The molecular weight excluding hydrogens is 386 g/mol. The van der Waals surface area contributed by atoms with Gasteiger partial charge in [0.15, 0.2) is 0 Å². The Labute approximate surface area is 182 Å². The van der Waals surface area contributed by atoms with Crippen molar-refractivity contribution in [2.75, 3.05) is 12.2 Å². The summed E-state index contributed by atoms with van der Waals surface area (Å²) in [5.41, 5.74) is 2.54. The first-order valence-corrected chi connectivity index (χ1v) is 10.3. The van der Waals surface area contributed by atoms with Crippen LogP contribution in [-0.2, 0) is 9.53 Å². The largest absolute Gasteiger partial charge is 0.469 e. The summed E-state index contributed by atoms with van der Waals surface area (Å²) in [5, 5.41) is 14.8. The molecule has 4 aromatic rings. The Balaban J connectivity index is 1.85. The molecule has 156 valence electrons. The quantitative estimate of drug-likeness (QED) is 0.294. The second-order valence-electron chi connectivity index (χ2n) is 7.53. The van der Waals surface area contributed by atoms with Crippen molar-refractivity contribution in [3.8, 4) is 0 Å². The van der Waals surface area contributed by atoms with Crippen LogP contribution < -0.4 is 5.06 Å². The Morgan fingerprint density at radius 3 is 2.10 bits per heavy atom. The third-order valence-corrected chi connectivity index (χ3v) is 5.62. The number of benzene rings is 4. The van der Waals surface area contributed by atoms with E-state index >= 15 is 0 Å². The normalized spacial score (nSPS) is 12.8. The number of fused-ring (bicyclic) bond motifs is 1. The van der Waals surface area contributed by atoms with Crippen molar-refractivity contribution in [1.29, 1.82) is 0 Å². The van der Waals surface area contributed by atoms with E-state index in [2.05, 4.69) is 24.3 Å². The second-order valence-corrected chi connectivity index (χ2v) is 7.53. The van der Waals surface area contributed by atoms with Crippen molar-refractivity contribution in [3.63, 3.8) is 0 Å². The number of hydroxylamine groups is 1. The van der Waals surface area contributed by atoms with Crippen molar-refractivity contribution in [2.24, 2.45) is 0 Å². The van der Waals surface area contributed by atoms with Crippen LogP contribution in [0.5, 0.6) is 0 Å². The molecule has 0 aromatic heterocycles. The lowest BCUT2D eigenvalue weighted by atomic mass is 9.83. The van der Waals surface area contributed by atoms with Gasteiger partial charge in [0.2, 0.25) is 0 Å². The summed E-state index contributed by atoms with van der Waals surface area (Å²) in [4.78, 5) is 12.4. The van der Waals surface area contributed by atoms with Gasteiger partial charge in [0.1, 0.15) is 0 Å². The highest BCUT2D eigenvalue weighted by molar-refractivity contribution is 5.83. The van der Waals surface area contributed by atoms with Crippen LogP contribution in [0, 0.1) is 0 Å². The highest BCUT2D eigenvalue weighted by Gasteiger charge is 2.32. The predicted molar refractivity (Wildman–Crippen MR) is 123 cm³/mol. The van der Waals surface area contributed by atoms with Crippen LogP contribution in [0.2, 0.25) is 0 Å². The first kappa shape index (κ1) is 20.6. The molecule has 4 nitrogen and oxygen atoms in total. The second kappa shape index (κ2) is 9.45. The number of rotatable bonds is 7. The third kappa shape index (κ3) is 4.60. The molecule has 0 bridgehead atoms. The lowest BCUT2D eigenvalue weighted by molar-refractivity contribution is -0.141. The van der Waals surface area contributed by atoms with E-state index in [4.69, 9.17) is 4.74 Å². The number of carbonyl (C=O) groups is 1. The van der Waals surface area contributed by atoms with Gasteiger partial charge in [-0.05, 0) is 34.0 Å². The number of esters is 1. The molecule has 4 heteroatoms. The monoisotopic (exact) mass is 411 g/mol. The van der Waals surface area contributed by atoms with Crippen molar-refractivity contribution in [3.05, 3.63) is 114 Å². The fourth-order valence-corrected chi connectivity index (χ4v) is 4.05. The van der Waals surface area contributed by atoms with E-state index in [1.165, 1.54) is 12.2 Å². The molecule has 0 aliphatic rings.